The lowest BCUT2D eigenvalue weighted by Crippen LogP contribution is -2.27. The molecule has 112 valence electrons. The third-order valence-corrected chi connectivity index (χ3v) is 4.04. The first-order valence-electron chi connectivity index (χ1n) is 5.89. The number of nitrogens with one attached hydrogen (secondary N) is 2. The molecule has 0 fully saturated rings. The molecular weight excluding hydrogens is 286 g/mol. The standard InChI is InChI=1S/C11H17N3O5S/c1-12-6-3-7-13-20(17,18)11-5-4-9(14(15)16)8-10(11)19-2/h4-5,8,12-13H,3,6-7H2,1-2H3. The van der Waals surface area contributed by atoms with Crippen LogP contribution in [-0.2, 0) is 10.0 Å². The van der Waals surface area contributed by atoms with Crippen molar-refractivity contribution >= 4 is 15.7 Å². The van der Waals surface area contributed by atoms with Gasteiger partial charge in [-0.3, -0.25) is 10.1 Å². The second-order valence-corrected chi connectivity index (χ2v) is 5.68. The van der Waals surface area contributed by atoms with Crippen molar-refractivity contribution in [3.63, 3.8) is 0 Å². The van der Waals surface area contributed by atoms with Crippen LogP contribution in [0.4, 0.5) is 5.69 Å². The molecule has 0 aliphatic rings. The van der Waals surface area contributed by atoms with E-state index < -0.39 is 14.9 Å². The first-order chi connectivity index (χ1) is 9.42. The lowest BCUT2D eigenvalue weighted by molar-refractivity contribution is -0.385. The second kappa shape index (κ2) is 7.17. The minimum Gasteiger partial charge on any atom is -0.495 e. The van der Waals surface area contributed by atoms with E-state index in [2.05, 4.69) is 10.0 Å². The molecule has 0 saturated heterocycles. The van der Waals surface area contributed by atoms with Crippen molar-refractivity contribution in [1.29, 1.82) is 0 Å². The van der Waals surface area contributed by atoms with Crippen molar-refractivity contribution in [2.45, 2.75) is 11.3 Å². The fourth-order valence-electron chi connectivity index (χ4n) is 1.54. The van der Waals surface area contributed by atoms with Crippen molar-refractivity contribution in [3.8, 4) is 5.75 Å². The Balaban J connectivity index is 2.96. The Morgan fingerprint density at radius 1 is 1.35 bits per heavy atom. The largest absolute Gasteiger partial charge is 0.495 e. The zero-order chi connectivity index (χ0) is 15.2. The predicted molar refractivity (Wildman–Crippen MR) is 73.4 cm³/mol. The Morgan fingerprint density at radius 3 is 2.60 bits per heavy atom. The molecule has 8 nitrogen and oxygen atoms in total. The highest BCUT2D eigenvalue weighted by Crippen LogP contribution is 2.28. The summed E-state index contributed by atoms with van der Waals surface area (Å²) >= 11 is 0. The summed E-state index contributed by atoms with van der Waals surface area (Å²) in [6.45, 7) is 0.948. The average Bonchev–Trinajstić information content (AvgIpc) is 2.42. The normalized spacial score (nSPS) is 11.3. The number of hydrogen-bond donors (Lipinski definition) is 2. The summed E-state index contributed by atoms with van der Waals surface area (Å²) in [5, 5.41) is 13.6. The van der Waals surface area contributed by atoms with Gasteiger partial charge in [0.15, 0.2) is 0 Å². The van der Waals surface area contributed by atoms with Gasteiger partial charge in [-0.05, 0) is 26.1 Å². The molecule has 9 heteroatoms. The number of nitro groups is 1. The van der Waals surface area contributed by atoms with Crippen LogP contribution >= 0.6 is 0 Å². The van der Waals surface area contributed by atoms with Crippen molar-refractivity contribution in [2.24, 2.45) is 0 Å². The SMILES string of the molecule is CNCCCNS(=O)(=O)c1ccc([N+](=O)[O-])cc1OC. The van der Waals surface area contributed by atoms with Crippen LogP contribution in [0.25, 0.3) is 0 Å². The summed E-state index contributed by atoms with van der Waals surface area (Å²) < 4.78 is 31.5. The molecule has 0 spiro atoms. The molecule has 1 aromatic carbocycles. The second-order valence-electron chi connectivity index (χ2n) is 3.95. The van der Waals surface area contributed by atoms with Crippen LogP contribution in [-0.4, -0.2) is 40.6 Å². The number of sulfonamides is 1. The third-order valence-electron chi connectivity index (χ3n) is 2.54. The summed E-state index contributed by atoms with van der Waals surface area (Å²) in [6, 6.07) is 3.38. The van der Waals surface area contributed by atoms with Gasteiger partial charge in [0.25, 0.3) is 5.69 Å². The highest BCUT2D eigenvalue weighted by molar-refractivity contribution is 7.89. The van der Waals surface area contributed by atoms with Gasteiger partial charge in [0.1, 0.15) is 10.6 Å². The van der Waals surface area contributed by atoms with Crippen LogP contribution in [0.5, 0.6) is 5.75 Å². The molecule has 1 rings (SSSR count). The maximum atomic E-state index is 12.1. The average molecular weight is 303 g/mol. The summed E-state index contributed by atoms with van der Waals surface area (Å²) in [5.41, 5.74) is -0.226. The quantitative estimate of drug-likeness (QED) is 0.411. The van der Waals surface area contributed by atoms with Crippen molar-refractivity contribution < 1.29 is 18.1 Å². The number of methoxy groups -OCH3 is 1. The maximum absolute atomic E-state index is 12.1. The number of hydrogen-bond acceptors (Lipinski definition) is 6. The summed E-state index contributed by atoms with van der Waals surface area (Å²) in [6.07, 6.45) is 0.630. The lowest BCUT2D eigenvalue weighted by atomic mass is 10.3. The van der Waals surface area contributed by atoms with E-state index in [1.165, 1.54) is 7.11 Å². The van der Waals surface area contributed by atoms with E-state index in [0.29, 0.717) is 13.0 Å². The lowest BCUT2D eigenvalue weighted by Gasteiger charge is -2.10. The molecule has 20 heavy (non-hydrogen) atoms. The van der Waals surface area contributed by atoms with E-state index >= 15 is 0 Å². The van der Waals surface area contributed by atoms with E-state index in [0.717, 1.165) is 18.2 Å². The monoisotopic (exact) mass is 303 g/mol. The molecule has 0 heterocycles. The van der Waals surface area contributed by atoms with E-state index in [9.17, 15) is 18.5 Å². The molecule has 0 radical (unpaired) electrons. The van der Waals surface area contributed by atoms with Crippen molar-refractivity contribution in [3.05, 3.63) is 28.3 Å². The van der Waals surface area contributed by atoms with Gasteiger partial charge in [0, 0.05) is 12.6 Å². The first-order valence-corrected chi connectivity index (χ1v) is 7.37. The number of benzene rings is 1. The summed E-state index contributed by atoms with van der Waals surface area (Å²) in [7, 11) is -0.717. The van der Waals surface area contributed by atoms with Crippen LogP contribution in [0.15, 0.2) is 23.1 Å². The Labute approximate surface area is 117 Å². The van der Waals surface area contributed by atoms with Gasteiger partial charge in [-0.15, -0.1) is 0 Å². The molecule has 0 unspecified atom stereocenters. The highest BCUT2D eigenvalue weighted by atomic mass is 32.2. The first kappa shape index (κ1) is 16.3. The topological polar surface area (TPSA) is 111 Å². The molecule has 2 N–H and O–H groups in total. The molecular formula is C11H17N3O5S. The van der Waals surface area contributed by atoms with Gasteiger partial charge in [-0.1, -0.05) is 0 Å². The molecule has 0 aliphatic carbocycles. The van der Waals surface area contributed by atoms with Crippen LogP contribution in [0.2, 0.25) is 0 Å². The van der Waals surface area contributed by atoms with Crippen LogP contribution < -0.4 is 14.8 Å². The zero-order valence-electron chi connectivity index (χ0n) is 11.3. The third kappa shape index (κ3) is 4.15. The van der Waals surface area contributed by atoms with E-state index in [4.69, 9.17) is 4.74 Å². The van der Waals surface area contributed by atoms with Crippen molar-refractivity contribution in [1.82, 2.24) is 10.0 Å². The van der Waals surface area contributed by atoms with Crippen molar-refractivity contribution in [2.75, 3.05) is 27.2 Å². The number of nitrogens with zero attached hydrogens (tertiary/aromatic N) is 1. The van der Waals surface area contributed by atoms with E-state index in [-0.39, 0.29) is 22.9 Å². The Hall–Kier alpha value is -1.71. The maximum Gasteiger partial charge on any atom is 0.273 e. The van der Waals surface area contributed by atoms with Gasteiger partial charge < -0.3 is 10.1 Å². The molecule has 0 atom stereocenters. The van der Waals surface area contributed by atoms with Crippen LogP contribution in [0, 0.1) is 10.1 Å². The van der Waals surface area contributed by atoms with Gasteiger partial charge in [-0.25, -0.2) is 13.1 Å². The minimum atomic E-state index is -3.75. The smallest absolute Gasteiger partial charge is 0.273 e. The van der Waals surface area contributed by atoms with Gasteiger partial charge >= 0.3 is 0 Å². The molecule has 0 aromatic heterocycles. The highest BCUT2D eigenvalue weighted by Gasteiger charge is 2.21. The Kier molecular flexibility index (Phi) is 5.86. The molecule has 0 bridgehead atoms. The van der Waals surface area contributed by atoms with Gasteiger partial charge in [0.2, 0.25) is 10.0 Å². The number of non-ortho nitro benzene ring substituents is 1. The van der Waals surface area contributed by atoms with Gasteiger partial charge in [0.05, 0.1) is 18.1 Å². The number of nitro benzene ring substituents is 1. The van der Waals surface area contributed by atoms with Crippen LogP contribution in [0.3, 0.4) is 0 Å². The number of ether oxygens (including phenoxy) is 1. The minimum absolute atomic E-state index is 0.0553. The summed E-state index contributed by atoms with van der Waals surface area (Å²) in [5.74, 6) is -0.0553. The predicted octanol–water partition coefficient (Wildman–Crippen LogP) is 0.491. The Morgan fingerprint density at radius 2 is 2.05 bits per heavy atom. The van der Waals surface area contributed by atoms with E-state index in [1.807, 2.05) is 0 Å². The molecule has 0 amide bonds. The van der Waals surface area contributed by atoms with Gasteiger partial charge in [-0.2, -0.15) is 0 Å². The fraction of sp³-hybridized carbons (Fsp3) is 0.455. The molecule has 0 saturated carbocycles. The Bertz CT molecular complexity index is 573. The summed E-state index contributed by atoms with van der Waals surface area (Å²) in [4.78, 5) is 9.92. The fourth-order valence-corrected chi connectivity index (χ4v) is 2.76. The zero-order valence-corrected chi connectivity index (χ0v) is 12.1. The molecule has 0 aliphatic heterocycles. The van der Waals surface area contributed by atoms with Crippen LogP contribution in [0.1, 0.15) is 6.42 Å². The number of rotatable bonds is 8. The van der Waals surface area contributed by atoms with E-state index in [1.54, 1.807) is 7.05 Å². The molecule has 1 aromatic rings.